The SMILES string of the molecule is C[C@H](N)C(=O)NCc1ccc(O)cc1. The Kier molecular flexibility index (Phi) is 3.48. The van der Waals surface area contributed by atoms with Crippen LogP contribution in [-0.4, -0.2) is 17.1 Å². The minimum absolute atomic E-state index is 0.182. The molecule has 1 aromatic carbocycles. The van der Waals surface area contributed by atoms with Crippen molar-refractivity contribution in [3.8, 4) is 5.75 Å². The third-order valence-corrected chi connectivity index (χ3v) is 1.82. The van der Waals surface area contributed by atoms with E-state index in [-0.39, 0.29) is 11.7 Å². The zero-order chi connectivity index (χ0) is 10.6. The average Bonchev–Trinajstić information content (AvgIpc) is 2.16. The van der Waals surface area contributed by atoms with Crippen molar-refractivity contribution in [2.75, 3.05) is 0 Å². The maximum absolute atomic E-state index is 11.1. The van der Waals surface area contributed by atoms with Crippen molar-refractivity contribution in [1.82, 2.24) is 5.32 Å². The first-order valence-corrected chi connectivity index (χ1v) is 4.41. The monoisotopic (exact) mass is 194 g/mol. The molecule has 0 aromatic heterocycles. The lowest BCUT2D eigenvalue weighted by molar-refractivity contribution is -0.122. The average molecular weight is 194 g/mol. The number of hydrogen-bond acceptors (Lipinski definition) is 3. The molecule has 76 valence electrons. The summed E-state index contributed by atoms with van der Waals surface area (Å²) in [7, 11) is 0. The Morgan fingerprint density at radius 2 is 2.07 bits per heavy atom. The normalized spacial score (nSPS) is 12.1. The highest BCUT2D eigenvalue weighted by molar-refractivity contribution is 5.80. The number of rotatable bonds is 3. The lowest BCUT2D eigenvalue weighted by atomic mass is 10.2. The van der Waals surface area contributed by atoms with Gasteiger partial charge < -0.3 is 16.2 Å². The molecule has 0 aliphatic carbocycles. The van der Waals surface area contributed by atoms with Gasteiger partial charge in [0.25, 0.3) is 0 Å². The van der Waals surface area contributed by atoms with Crippen molar-refractivity contribution in [3.05, 3.63) is 29.8 Å². The van der Waals surface area contributed by atoms with Crippen LogP contribution in [0.15, 0.2) is 24.3 Å². The largest absolute Gasteiger partial charge is 0.508 e. The van der Waals surface area contributed by atoms with Crippen LogP contribution in [-0.2, 0) is 11.3 Å². The summed E-state index contributed by atoms with van der Waals surface area (Å²) in [6, 6.07) is 6.15. The summed E-state index contributed by atoms with van der Waals surface area (Å²) in [5.74, 6) is 0.0327. The highest BCUT2D eigenvalue weighted by atomic mass is 16.3. The van der Waals surface area contributed by atoms with E-state index in [1.807, 2.05) is 0 Å². The lowest BCUT2D eigenvalue weighted by Crippen LogP contribution is -2.37. The second kappa shape index (κ2) is 4.62. The number of carbonyl (C=O) groups excluding carboxylic acids is 1. The molecule has 0 bridgehead atoms. The third kappa shape index (κ3) is 3.06. The van der Waals surface area contributed by atoms with Gasteiger partial charge in [-0.3, -0.25) is 4.79 Å². The fourth-order valence-corrected chi connectivity index (χ4v) is 0.964. The van der Waals surface area contributed by atoms with Gasteiger partial charge in [-0.15, -0.1) is 0 Å². The number of phenols is 1. The highest BCUT2D eigenvalue weighted by Gasteiger charge is 2.05. The zero-order valence-corrected chi connectivity index (χ0v) is 8.03. The van der Waals surface area contributed by atoms with Crippen LogP contribution in [0.4, 0.5) is 0 Å². The summed E-state index contributed by atoms with van der Waals surface area (Å²) in [6.45, 7) is 2.06. The Balaban J connectivity index is 2.46. The smallest absolute Gasteiger partial charge is 0.236 e. The fraction of sp³-hybridized carbons (Fsp3) is 0.300. The van der Waals surface area contributed by atoms with Crippen LogP contribution >= 0.6 is 0 Å². The van der Waals surface area contributed by atoms with Crippen LogP contribution in [0.3, 0.4) is 0 Å². The molecule has 0 heterocycles. The first-order valence-electron chi connectivity index (χ1n) is 4.41. The Bertz CT molecular complexity index is 306. The van der Waals surface area contributed by atoms with E-state index < -0.39 is 6.04 Å². The van der Waals surface area contributed by atoms with Gasteiger partial charge in [0.1, 0.15) is 5.75 Å². The Morgan fingerprint density at radius 1 is 1.50 bits per heavy atom. The second-order valence-electron chi connectivity index (χ2n) is 3.17. The van der Waals surface area contributed by atoms with Crippen LogP contribution < -0.4 is 11.1 Å². The summed E-state index contributed by atoms with van der Waals surface area (Å²) >= 11 is 0. The van der Waals surface area contributed by atoms with Crippen LogP contribution in [0.2, 0.25) is 0 Å². The van der Waals surface area contributed by atoms with E-state index >= 15 is 0 Å². The van der Waals surface area contributed by atoms with Crippen molar-refractivity contribution in [2.45, 2.75) is 19.5 Å². The Hall–Kier alpha value is -1.55. The molecule has 4 N–H and O–H groups in total. The second-order valence-corrected chi connectivity index (χ2v) is 3.17. The minimum atomic E-state index is -0.493. The maximum atomic E-state index is 11.1. The molecule has 0 saturated heterocycles. The molecule has 0 aliphatic rings. The summed E-state index contributed by atoms with van der Waals surface area (Å²) in [6.07, 6.45) is 0. The van der Waals surface area contributed by atoms with Crippen LogP contribution in [0.5, 0.6) is 5.75 Å². The number of carbonyl (C=O) groups is 1. The van der Waals surface area contributed by atoms with Crippen molar-refractivity contribution in [2.24, 2.45) is 5.73 Å². The van der Waals surface area contributed by atoms with Gasteiger partial charge in [0.2, 0.25) is 5.91 Å². The van der Waals surface area contributed by atoms with E-state index in [1.165, 1.54) is 0 Å². The van der Waals surface area contributed by atoms with Gasteiger partial charge >= 0.3 is 0 Å². The molecule has 1 rings (SSSR count). The number of benzene rings is 1. The molecule has 4 heteroatoms. The lowest BCUT2D eigenvalue weighted by Gasteiger charge is -2.07. The molecule has 0 aliphatic heterocycles. The van der Waals surface area contributed by atoms with E-state index in [4.69, 9.17) is 10.8 Å². The number of amides is 1. The first kappa shape index (κ1) is 10.5. The molecule has 1 atom stereocenters. The first-order chi connectivity index (χ1) is 6.59. The van der Waals surface area contributed by atoms with Gasteiger partial charge in [-0.05, 0) is 24.6 Å². The van der Waals surface area contributed by atoms with E-state index in [1.54, 1.807) is 31.2 Å². The molecule has 0 radical (unpaired) electrons. The van der Waals surface area contributed by atoms with Gasteiger partial charge in [-0.1, -0.05) is 12.1 Å². The van der Waals surface area contributed by atoms with E-state index in [2.05, 4.69) is 5.32 Å². The molecule has 4 nitrogen and oxygen atoms in total. The van der Waals surface area contributed by atoms with Crippen molar-refractivity contribution in [3.63, 3.8) is 0 Å². The molecule has 1 aromatic rings. The van der Waals surface area contributed by atoms with E-state index in [9.17, 15) is 4.79 Å². The van der Waals surface area contributed by atoms with Crippen LogP contribution in [0, 0.1) is 0 Å². The van der Waals surface area contributed by atoms with Gasteiger partial charge in [-0.25, -0.2) is 0 Å². The van der Waals surface area contributed by atoms with Gasteiger partial charge in [0.05, 0.1) is 6.04 Å². The molecule has 0 fully saturated rings. The standard InChI is InChI=1S/C10H14N2O2/c1-7(11)10(14)12-6-8-2-4-9(13)5-3-8/h2-5,7,13H,6,11H2,1H3,(H,12,14)/t7-/m0/s1. The minimum Gasteiger partial charge on any atom is -0.508 e. The van der Waals surface area contributed by atoms with Crippen molar-refractivity contribution in [1.29, 1.82) is 0 Å². The predicted molar refractivity (Wildman–Crippen MR) is 53.6 cm³/mol. The summed E-state index contributed by atoms with van der Waals surface area (Å²) in [4.78, 5) is 11.1. The summed E-state index contributed by atoms with van der Waals surface area (Å²) < 4.78 is 0. The molecule has 1 amide bonds. The zero-order valence-electron chi connectivity index (χ0n) is 8.03. The van der Waals surface area contributed by atoms with Crippen molar-refractivity contribution < 1.29 is 9.90 Å². The maximum Gasteiger partial charge on any atom is 0.236 e. The number of hydrogen-bond donors (Lipinski definition) is 3. The quantitative estimate of drug-likeness (QED) is 0.650. The molecule has 14 heavy (non-hydrogen) atoms. The van der Waals surface area contributed by atoms with Crippen LogP contribution in [0.25, 0.3) is 0 Å². The number of phenolic OH excluding ortho intramolecular Hbond substituents is 1. The van der Waals surface area contributed by atoms with Gasteiger partial charge in [-0.2, -0.15) is 0 Å². The predicted octanol–water partition coefficient (Wildman–Crippen LogP) is 0.356. The fourth-order valence-electron chi connectivity index (χ4n) is 0.964. The van der Waals surface area contributed by atoms with Gasteiger partial charge in [0, 0.05) is 6.54 Å². The highest BCUT2D eigenvalue weighted by Crippen LogP contribution is 2.08. The number of aromatic hydroxyl groups is 1. The van der Waals surface area contributed by atoms with Crippen LogP contribution in [0.1, 0.15) is 12.5 Å². The number of nitrogens with one attached hydrogen (secondary N) is 1. The molecular weight excluding hydrogens is 180 g/mol. The Labute approximate surface area is 82.7 Å². The van der Waals surface area contributed by atoms with E-state index in [0.29, 0.717) is 6.54 Å². The topological polar surface area (TPSA) is 75.4 Å². The molecule has 0 unspecified atom stereocenters. The molecular formula is C10H14N2O2. The van der Waals surface area contributed by atoms with Gasteiger partial charge in [0.15, 0.2) is 0 Å². The summed E-state index contributed by atoms with van der Waals surface area (Å²) in [5, 5.41) is 11.7. The van der Waals surface area contributed by atoms with E-state index in [0.717, 1.165) is 5.56 Å². The number of nitrogens with two attached hydrogens (primary N) is 1. The molecule has 0 spiro atoms. The molecule has 0 saturated carbocycles. The summed E-state index contributed by atoms with van der Waals surface area (Å²) in [5.41, 5.74) is 6.30. The van der Waals surface area contributed by atoms with Crippen molar-refractivity contribution >= 4 is 5.91 Å². The Morgan fingerprint density at radius 3 is 2.57 bits per heavy atom. The third-order valence-electron chi connectivity index (χ3n) is 1.82.